The van der Waals surface area contributed by atoms with Crippen LogP contribution in [0.2, 0.25) is 0 Å². The predicted molar refractivity (Wildman–Crippen MR) is 115 cm³/mol. The fourth-order valence-electron chi connectivity index (χ4n) is 4.57. The number of likely N-dealkylation sites (tertiary alicyclic amines) is 1. The molecule has 6 heteroatoms. The second-order valence-corrected chi connectivity index (χ2v) is 7.66. The summed E-state index contributed by atoms with van der Waals surface area (Å²) in [4.78, 5) is 9.56. The van der Waals surface area contributed by atoms with E-state index >= 15 is 0 Å². The Morgan fingerprint density at radius 2 is 1.84 bits per heavy atom. The molecule has 2 saturated heterocycles. The van der Waals surface area contributed by atoms with Gasteiger partial charge in [0.1, 0.15) is 0 Å². The van der Waals surface area contributed by atoms with Crippen molar-refractivity contribution in [1.82, 2.24) is 15.1 Å². The first-order valence-corrected chi connectivity index (χ1v) is 10.1. The number of ether oxygens (including phenoxy) is 1. The molecule has 3 fully saturated rings. The van der Waals surface area contributed by atoms with Crippen molar-refractivity contribution in [3.05, 3.63) is 0 Å². The summed E-state index contributed by atoms with van der Waals surface area (Å²) in [5.41, 5.74) is 0. The van der Waals surface area contributed by atoms with E-state index in [1.165, 1.54) is 51.4 Å². The Morgan fingerprint density at radius 1 is 1.08 bits per heavy atom. The maximum absolute atomic E-state index is 5.48. The SMILES string of the molecule is CN=C(NCCCC1CCCCC1)N1CCC(N2CCOCC2)C1.I. The van der Waals surface area contributed by atoms with Crippen molar-refractivity contribution in [3.63, 3.8) is 0 Å². The van der Waals surface area contributed by atoms with E-state index in [1.54, 1.807) is 0 Å². The van der Waals surface area contributed by atoms with Gasteiger partial charge in [-0.1, -0.05) is 32.1 Å². The van der Waals surface area contributed by atoms with Gasteiger partial charge in [-0.05, 0) is 25.2 Å². The van der Waals surface area contributed by atoms with Crippen LogP contribution in [0, 0.1) is 5.92 Å². The Bertz CT molecular complexity index is 395. The fourth-order valence-corrected chi connectivity index (χ4v) is 4.57. The van der Waals surface area contributed by atoms with Crippen molar-refractivity contribution in [2.75, 3.05) is 53.0 Å². The van der Waals surface area contributed by atoms with E-state index in [4.69, 9.17) is 4.74 Å². The molecule has 0 aromatic heterocycles. The number of hydrogen-bond donors (Lipinski definition) is 1. The maximum atomic E-state index is 5.48. The highest BCUT2D eigenvalue weighted by atomic mass is 127. The zero-order valence-corrected chi connectivity index (χ0v) is 18.2. The molecule has 2 heterocycles. The van der Waals surface area contributed by atoms with Crippen LogP contribution in [0.15, 0.2) is 4.99 Å². The van der Waals surface area contributed by atoms with Gasteiger partial charge in [0.25, 0.3) is 0 Å². The topological polar surface area (TPSA) is 40.1 Å². The lowest BCUT2D eigenvalue weighted by molar-refractivity contribution is 0.0195. The Hall–Kier alpha value is -0.0800. The summed E-state index contributed by atoms with van der Waals surface area (Å²) in [5, 5.41) is 3.61. The van der Waals surface area contributed by atoms with Gasteiger partial charge in [0.2, 0.25) is 0 Å². The van der Waals surface area contributed by atoms with Gasteiger partial charge in [-0.15, -0.1) is 24.0 Å². The first-order valence-electron chi connectivity index (χ1n) is 10.1. The molecule has 1 saturated carbocycles. The summed E-state index contributed by atoms with van der Waals surface area (Å²) in [6.07, 6.45) is 11.2. The Labute approximate surface area is 171 Å². The van der Waals surface area contributed by atoms with E-state index in [2.05, 4.69) is 20.1 Å². The summed E-state index contributed by atoms with van der Waals surface area (Å²) in [6, 6.07) is 0.676. The van der Waals surface area contributed by atoms with Crippen LogP contribution in [0.3, 0.4) is 0 Å². The van der Waals surface area contributed by atoms with Gasteiger partial charge in [-0.25, -0.2) is 0 Å². The number of halogens is 1. The zero-order valence-electron chi connectivity index (χ0n) is 15.9. The highest BCUT2D eigenvalue weighted by molar-refractivity contribution is 14.0. The summed E-state index contributed by atoms with van der Waals surface area (Å²) in [6.45, 7) is 7.28. The second-order valence-electron chi connectivity index (χ2n) is 7.66. The smallest absolute Gasteiger partial charge is 0.193 e. The lowest BCUT2D eigenvalue weighted by Gasteiger charge is -2.32. The highest BCUT2D eigenvalue weighted by Gasteiger charge is 2.30. The van der Waals surface area contributed by atoms with E-state index in [-0.39, 0.29) is 24.0 Å². The van der Waals surface area contributed by atoms with Gasteiger partial charge in [0.05, 0.1) is 13.2 Å². The molecule has 5 nitrogen and oxygen atoms in total. The molecule has 25 heavy (non-hydrogen) atoms. The number of nitrogens with one attached hydrogen (secondary N) is 1. The first kappa shape index (κ1) is 21.2. The van der Waals surface area contributed by atoms with E-state index in [0.29, 0.717) is 6.04 Å². The van der Waals surface area contributed by atoms with E-state index < -0.39 is 0 Å². The molecule has 1 atom stereocenters. The van der Waals surface area contributed by atoms with Gasteiger partial charge in [-0.2, -0.15) is 0 Å². The van der Waals surface area contributed by atoms with Crippen molar-refractivity contribution >= 4 is 29.9 Å². The molecule has 0 aromatic rings. The van der Waals surface area contributed by atoms with Gasteiger partial charge in [0, 0.05) is 45.8 Å². The molecule has 0 bridgehead atoms. The molecule has 1 unspecified atom stereocenters. The molecular formula is C19H37IN4O. The van der Waals surface area contributed by atoms with Crippen LogP contribution in [0.4, 0.5) is 0 Å². The third-order valence-electron chi connectivity index (χ3n) is 6.03. The van der Waals surface area contributed by atoms with Crippen molar-refractivity contribution in [2.24, 2.45) is 10.9 Å². The second kappa shape index (κ2) is 11.6. The molecule has 0 amide bonds. The summed E-state index contributed by atoms with van der Waals surface area (Å²) >= 11 is 0. The minimum absolute atomic E-state index is 0. The standard InChI is InChI=1S/C19H36N4O.HI/c1-20-19(21-10-5-8-17-6-3-2-4-7-17)23-11-9-18(16-23)22-12-14-24-15-13-22;/h17-18H,2-16H2,1H3,(H,20,21);1H. The molecule has 3 aliphatic rings. The van der Waals surface area contributed by atoms with Crippen LogP contribution in [0.5, 0.6) is 0 Å². The lowest BCUT2D eigenvalue weighted by Crippen LogP contribution is -2.46. The lowest BCUT2D eigenvalue weighted by atomic mass is 9.86. The van der Waals surface area contributed by atoms with E-state index in [0.717, 1.165) is 57.8 Å². The number of hydrogen-bond acceptors (Lipinski definition) is 3. The number of rotatable bonds is 5. The normalized spacial score (nSPS) is 26.5. The van der Waals surface area contributed by atoms with E-state index in [9.17, 15) is 0 Å². The van der Waals surface area contributed by atoms with Crippen LogP contribution in [0.25, 0.3) is 0 Å². The van der Waals surface area contributed by atoms with Crippen LogP contribution in [-0.2, 0) is 4.74 Å². The zero-order chi connectivity index (χ0) is 16.6. The third-order valence-corrected chi connectivity index (χ3v) is 6.03. The third kappa shape index (κ3) is 6.54. The monoisotopic (exact) mass is 464 g/mol. The quantitative estimate of drug-likeness (QED) is 0.294. The van der Waals surface area contributed by atoms with Crippen molar-refractivity contribution in [2.45, 2.75) is 57.4 Å². The molecule has 0 aromatic carbocycles. The first-order chi connectivity index (χ1) is 11.9. The number of morpholine rings is 1. The minimum Gasteiger partial charge on any atom is -0.379 e. The number of nitrogens with zero attached hydrogens (tertiary/aromatic N) is 3. The molecule has 3 rings (SSSR count). The average molecular weight is 464 g/mol. The molecule has 0 radical (unpaired) electrons. The largest absolute Gasteiger partial charge is 0.379 e. The van der Waals surface area contributed by atoms with Crippen molar-refractivity contribution in [3.8, 4) is 0 Å². The molecule has 1 aliphatic carbocycles. The maximum Gasteiger partial charge on any atom is 0.193 e. The minimum atomic E-state index is 0. The van der Waals surface area contributed by atoms with Crippen LogP contribution >= 0.6 is 24.0 Å². The Kier molecular flexibility index (Phi) is 9.84. The molecule has 0 spiro atoms. The van der Waals surface area contributed by atoms with Crippen LogP contribution < -0.4 is 5.32 Å². The average Bonchev–Trinajstić information content (AvgIpc) is 3.13. The molecule has 1 N–H and O–H groups in total. The molecular weight excluding hydrogens is 427 g/mol. The van der Waals surface area contributed by atoms with E-state index in [1.807, 2.05) is 7.05 Å². The summed E-state index contributed by atoms with van der Waals surface area (Å²) in [5.74, 6) is 2.09. The summed E-state index contributed by atoms with van der Waals surface area (Å²) < 4.78 is 5.48. The Morgan fingerprint density at radius 3 is 2.56 bits per heavy atom. The summed E-state index contributed by atoms with van der Waals surface area (Å²) in [7, 11) is 1.92. The number of aliphatic imine (C=N–C) groups is 1. The molecule has 146 valence electrons. The van der Waals surface area contributed by atoms with Gasteiger partial charge < -0.3 is 15.0 Å². The Balaban J connectivity index is 0.00000225. The number of guanidine groups is 1. The van der Waals surface area contributed by atoms with Gasteiger partial charge in [-0.3, -0.25) is 9.89 Å². The fraction of sp³-hybridized carbons (Fsp3) is 0.947. The van der Waals surface area contributed by atoms with Crippen LogP contribution in [0.1, 0.15) is 51.4 Å². The van der Waals surface area contributed by atoms with Crippen molar-refractivity contribution < 1.29 is 4.74 Å². The van der Waals surface area contributed by atoms with Gasteiger partial charge >= 0.3 is 0 Å². The molecule has 2 aliphatic heterocycles. The predicted octanol–water partition coefficient (Wildman–Crippen LogP) is 2.95. The highest BCUT2D eigenvalue weighted by Crippen LogP contribution is 2.27. The van der Waals surface area contributed by atoms with Gasteiger partial charge in [0.15, 0.2) is 5.96 Å². The van der Waals surface area contributed by atoms with Crippen molar-refractivity contribution in [1.29, 1.82) is 0 Å². The van der Waals surface area contributed by atoms with Crippen LogP contribution in [-0.4, -0.2) is 74.8 Å².